The van der Waals surface area contributed by atoms with Gasteiger partial charge >= 0.3 is 0 Å². The van der Waals surface area contributed by atoms with E-state index in [1.165, 1.54) is 44.4 Å². The molecule has 1 fully saturated rings. The summed E-state index contributed by atoms with van der Waals surface area (Å²) in [5, 5.41) is 11.2. The van der Waals surface area contributed by atoms with Gasteiger partial charge in [-0.05, 0) is 75.4 Å². The minimum atomic E-state index is -0.906. The maximum atomic E-state index is 13.9. The minimum absolute atomic E-state index is 0.0832. The molecule has 1 amide bonds. The Kier molecular flexibility index (Phi) is 8.01. The zero-order valence-corrected chi connectivity index (χ0v) is 20.8. The van der Waals surface area contributed by atoms with Gasteiger partial charge < -0.3 is 29.1 Å². The predicted octanol–water partition coefficient (Wildman–Crippen LogP) is 3.53. The highest BCUT2D eigenvalue weighted by atomic mass is 19.1. The van der Waals surface area contributed by atoms with Crippen LogP contribution < -0.4 is 14.2 Å². The SMILES string of the molecule is COc1cc(C2/C(=C(\O)c3ccc(F)c(C)c3)C(=O)C(=O)N2CCCN(C)C)cc(OC)c1OC. The van der Waals surface area contributed by atoms with Crippen LogP contribution in [0.2, 0.25) is 0 Å². The predicted molar refractivity (Wildman–Crippen MR) is 129 cm³/mol. The third-order valence-corrected chi connectivity index (χ3v) is 5.98. The highest BCUT2D eigenvalue weighted by Crippen LogP contribution is 2.45. The van der Waals surface area contributed by atoms with E-state index in [1.54, 1.807) is 19.1 Å². The molecule has 1 aliphatic heterocycles. The molecule has 0 spiro atoms. The zero-order valence-electron chi connectivity index (χ0n) is 20.8. The van der Waals surface area contributed by atoms with Gasteiger partial charge in [0, 0.05) is 12.1 Å². The maximum absolute atomic E-state index is 13.9. The molecule has 188 valence electrons. The van der Waals surface area contributed by atoms with Crippen molar-refractivity contribution in [3.8, 4) is 17.2 Å². The summed E-state index contributed by atoms with van der Waals surface area (Å²) in [5.74, 6) is -1.29. The molecule has 3 rings (SSSR count). The Bertz CT molecular complexity index is 1140. The van der Waals surface area contributed by atoms with Crippen LogP contribution in [0.4, 0.5) is 4.39 Å². The first kappa shape index (κ1) is 26.0. The number of hydrogen-bond donors (Lipinski definition) is 1. The number of carbonyl (C=O) groups is 2. The summed E-state index contributed by atoms with van der Waals surface area (Å²) in [7, 11) is 8.25. The fourth-order valence-electron chi connectivity index (χ4n) is 4.22. The molecule has 0 radical (unpaired) electrons. The van der Waals surface area contributed by atoms with Crippen molar-refractivity contribution < 1.29 is 33.3 Å². The lowest BCUT2D eigenvalue weighted by Gasteiger charge is -2.27. The van der Waals surface area contributed by atoms with Crippen LogP contribution in [0.1, 0.15) is 29.2 Å². The number of amides is 1. The third-order valence-electron chi connectivity index (χ3n) is 5.98. The molecule has 35 heavy (non-hydrogen) atoms. The quantitative estimate of drug-likeness (QED) is 0.330. The van der Waals surface area contributed by atoms with E-state index < -0.39 is 23.5 Å². The summed E-state index contributed by atoms with van der Waals surface area (Å²) in [4.78, 5) is 29.8. The second kappa shape index (κ2) is 10.8. The summed E-state index contributed by atoms with van der Waals surface area (Å²) in [6, 6.07) is 6.43. The van der Waals surface area contributed by atoms with Crippen LogP contribution in [0, 0.1) is 12.7 Å². The number of nitrogens with zero attached hydrogens (tertiary/aromatic N) is 2. The molecule has 1 heterocycles. The number of halogens is 1. The Morgan fingerprint density at radius 3 is 2.20 bits per heavy atom. The Morgan fingerprint density at radius 1 is 1.06 bits per heavy atom. The lowest BCUT2D eigenvalue weighted by Crippen LogP contribution is -2.32. The fraction of sp³-hybridized carbons (Fsp3) is 0.385. The second-order valence-corrected chi connectivity index (χ2v) is 8.57. The summed E-state index contributed by atoms with van der Waals surface area (Å²) in [6.07, 6.45) is 0.608. The zero-order chi connectivity index (χ0) is 25.9. The standard InChI is InChI=1S/C26H31FN2O6/c1-15-12-16(8-9-18(15)27)23(30)21-22(29(26(32)24(21)31)11-7-10-28(2)3)17-13-19(33-4)25(35-6)20(14-17)34-5/h8-9,12-14,22,30H,7,10-11H2,1-6H3/b23-21+. The number of rotatable bonds is 9. The fourth-order valence-corrected chi connectivity index (χ4v) is 4.22. The molecule has 0 saturated carbocycles. The molecule has 2 aromatic carbocycles. The van der Waals surface area contributed by atoms with E-state index in [0.717, 1.165) is 0 Å². The highest BCUT2D eigenvalue weighted by molar-refractivity contribution is 6.46. The number of aliphatic hydroxyl groups is 1. The lowest BCUT2D eigenvalue weighted by atomic mass is 9.94. The van der Waals surface area contributed by atoms with Crippen molar-refractivity contribution in [2.45, 2.75) is 19.4 Å². The van der Waals surface area contributed by atoms with Crippen molar-refractivity contribution in [1.82, 2.24) is 9.80 Å². The van der Waals surface area contributed by atoms with Crippen molar-refractivity contribution in [3.05, 3.63) is 58.4 Å². The van der Waals surface area contributed by atoms with Gasteiger partial charge in [0.1, 0.15) is 11.6 Å². The van der Waals surface area contributed by atoms with Gasteiger partial charge in [-0.1, -0.05) is 0 Å². The van der Waals surface area contributed by atoms with Crippen LogP contribution in [0.5, 0.6) is 17.2 Å². The van der Waals surface area contributed by atoms with E-state index in [4.69, 9.17) is 14.2 Å². The topological polar surface area (TPSA) is 88.5 Å². The third kappa shape index (κ3) is 5.09. The summed E-state index contributed by atoms with van der Waals surface area (Å²) in [5.41, 5.74) is 0.968. The van der Waals surface area contributed by atoms with Gasteiger partial charge in [0.15, 0.2) is 11.5 Å². The highest BCUT2D eigenvalue weighted by Gasteiger charge is 2.46. The normalized spacial score (nSPS) is 17.3. The Balaban J connectivity index is 2.23. The molecule has 0 bridgehead atoms. The number of benzene rings is 2. The maximum Gasteiger partial charge on any atom is 0.295 e. The van der Waals surface area contributed by atoms with Gasteiger partial charge in [-0.15, -0.1) is 0 Å². The van der Waals surface area contributed by atoms with E-state index in [2.05, 4.69) is 0 Å². The molecule has 2 aromatic rings. The first-order valence-electron chi connectivity index (χ1n) is 11.1. The number of Topliss-reactive ketones (excluding diaryl/α,β-unsaturated/α-hetero) is 1. The van der Waals surface area contributed by atoms with E-state index in [1.807, 2.05) is 19.0 Å². The van der Waals surface area contributed by atoms with Gasteiger partial charge in [0.2, 0.25) is 5.75 Å². The second-order valence-electron chi connectivity index (χ2n) is 8.57. The monoisotopic (exact) mass is 486 g/mol. The number of hydrogen-bond acceptors (Lipinski definition) is 7. The molecule has 1 aliphatic rings. The van der Waals surface area contributed by atoms with Crippen LogP contribution in [0.25, 0.3) is 5.76 Å². The molecule has 0 aliphatic carbocycles. The Labute approximate surface area is 204 Å². The Hall–Kier alpha value is -3.59. The number of ether oxygens (including phenoxy) is 3. The van der Waals surface area contributed by atoms with Crippen molar-refractivity contribution in [3.63, 3.8) is 0 Å². The molecule has 8 nitrogen and oxygen atoms in total. The number of aryl methyl sites for hydroxylation is 1. The largest absolute Gasteiger partial charge is 0.507 e. The molecule has 1 unspecified atom stereocenters. The average molecular weight is 487 g/mol. The van der Waals surface area contributed by atoms with E-state index >= 15 is 0 Å². The molecule has 9 heteroatoms. The Morgan fingerprint density at radius 2 is 1.69 bits per heavy atom. The van der Waals surface area contributed by atoms with Gasteiger partial charge in [0.05, 0.1) is 32.9 Å². The number of ketones is 1. The van der Waals surface area contributed by atoms with Crippen molar-refractivity contribution >= 4 is 17.4 Å². The number of likely N-dealkylation sites (tertiary alicyclic amines) is 1. The van der Waals surface area contributed by atoms with Crippen molar-refractivity contribution in [1.29, 1.82) is 0 Å². The molecule has 1 N–H and O–H groups in total. The van der Waals surface area contributed by atoms with Crippen LogP contribution in [-0.2, 0) is 9.59 Å². The summed E-state index contributed by atoms with van der Waals surface area (Å²) in [6.45, 7) is 2.54. The van der Waals surface area contributed by atoms with Gasteiger partial charge in [-0.25, -0.2) is 4.39 Å². The van der Waals surface area contributed by atoms with E-state index in [-0.39, 0.29) is 23.4 Å². The first-order chi connectivity index (χ1) is 16.6. The number of carbonyl (C=O) groups excluding carboxylic acids is 2. The number of aliphatic hydroxyl groups excluding tert-OH is 1. The van der Waals surface area contributed by atoms with Crippen molar-refractivity contribution in [2.24, 2.45) is 0 Å². The number of methoxy groups -OCH3 is 3. The van der Waals surface area contributed by atoms with Crippen LogP contribution in [0.15, 0.2) is 35.9 Å². The summed E-state index contributed by atoms with van der Waals surface area (Å²) >= 11 is 0. The minimum Gasteiger partial charge on any atom is -0.507 e. The van der Waals surface area contributed by atoms with Crippen LogP contribution in [-0.4, -0.2) is 75.1 Å². The molecular formula is C26H31FN2O6. The molecular weight excluding hydrogens is 455 g/mol. The van der Waals surface area contributed by atoms with E-state index in [9.17, 15) is 19.1 Å². The van der Waals surface area contributed by atoms with Gasteiger partial charge in [-0.2, -0.15) is 0 Å². The van der Waals surface area contributed by atoms with Crippen LogP contribution >= 0.6 is 0 Å². The van der Waals surface area contributed by atoms with Gasteiger partial charge in [0.25, 0.3) is 11.7 Å². The van der Waals surface area contributed by atoms with E-state index in [0.29, 0.717) is 41.3 Å². The lowest BCUT2D eigenvalue weighted by molar-refractivity contribution is -0.139. The molecule has 1 atom stereocenters. The average Bonchev–Trinajstić information content (AvgIpc) is 3.09. The molecule has 1 saturated heterocycles. The first-order valence-corrected chi connectivity index (χ1v) is 11.1. The summed E-state index contributed by atoms with van der Waals surface area (Å²) < 4.78 is 30.2. The van der Waals surface area contributed by atoms with Crippen molar-refractivity contribution in [2.75, 3.05) is 48.5 Å². The molecule has 0 aromatic heterocycles. The van der Waals surface area contributed by atoms with Crippen LogP contribution in [0.3, 0.4) is 0 Å². The smallest absolute Gasteiger partial charge is 0.295 e. The van der Waals surface area contributed by atoms with Gasteiger partial charge in [-0.3, -0.25) is 9.59 Å².